The number of urea groups is 1. The number of ether oxygens (including phenoxy) is 4. The van der Waals surface area contributed by atoms with Crippen LogP contribution in [0, 0.1) is 0 Å². The molecule has 1 unspecified atom stereocenters. The Hall–Kier alpha value is -8.93. The Morgan fingerprint density at radius 1 is 0.500 bits per heavy atom. The molecule has 10 amide bonds. The average molecular weight is 942 g/mol. The number of hydrogen-bond acceptors (Lipinski definition) is 14. The summed E-state index contributed by atoms with van der Waals surface area (Å²) in [4.78, 5) is 114. The highest BCUT2D eigenvalue weighted by Crippen LogP contribution is 2.26. The third-order valence-electron chi connectivity index (χ3n) is 9.51. The van der Waals surface area contributed by atoms with Crippen molar-refractivity contribution in [2.24, 2.45) is 17.2 Å². The van der Waals surface area contributed by atoms with Crippen LogP contribution in [0.4, 0.5) is 27.5 Å². The number of amides is 10. The van der Waals surface area contributed by atoms with Crippen LogP contribution in [0.25, 0.3) is 0 Å². The van der Waals surface area contributed by atoms with Crippen LogP contribution in [-0.2, 0) is 19.2 Å². The number of nitrogens with two attached hydrogens (primary N) is 3. The van der Waals surface area contributed by atoms with Crippen LogP contribution in [0.3, 0.4) is 0 Å². The Morgan fingerprint density at radius 3 is 1.28 bits per heavy atom. The maximum atomic E-state index is 13.7. The number of hydrogen-bond donors (Lipinski definition) is 11. The molecule has 0 aromatic heterocycles. The predicted octanol–water partition coefficient (Wildman–Crippen LogP) is 0.640. The number of rotatable bonds is 23. The van der Waals surface area contributed by atoms with Gasteiger partial charge in [0.25, 0.3) is 23.6 Å². The number of primary amides is 2. The van der Waals surface area contributed by atoms with Gasteiger partial charge in [0.15, 0.2) is 0 Å². The zero-order valence-electron chi connectivity index (χ0n) is 37.3. The molecular weight excluding hydrogens is 891 g/mol. The van der Waals surface area contributed by atoms with E-state index in [2.05, 4.69) is 42.5 Å². The van der Waals surface area contributed by atoms with E-state index in [1.54, 1.807) is 0 Å². The molecule has 14 N–H and O–H groups in total. The van der Waals surface area contributed by atoms with Crippen LogP contribution in [-0.4, -0.2) is 114 Å². The van der Waals surface area contributed by atoms with E-state index in [1.807, 2.05) is 0 Å². The Bertz CT molecular complexity index is 2570. The lowest BCUT2D eigenvalue weighted by molar-refractivity contribution is -0.118. The molecule has 4 rings (SSSR count). The zero-order valence-corrected chi connectivity index (χ0v) is 37.3. The summed E-state index contributed by atoms with van der Waals surface area (Å²) in [5, 5.41) is 20.3. The number of benzene rings is 4. The topological polar surface area (TPSA) is 365 Å². The number of carbonyl (C=O) groups excluding carboxylic acids is 9. The van der Waals surface area contributed by atoms with Crippen molar-refractivity contribution in [2.45, 2.75) is 18.9 Å². The van der Waals surface area contributed by atoms with Gasteiger partial charge in [-0.2, -0.15) is 0 Å². The van der Waals surface area contributed by atoms with Gasteiger partial charge in [-0.05, 0) is 85.6 Å². The van der Waals surface area contributed by atoms with E-state index in [0.717, 1.165) is 0 Å². The van der Waals surface area contributed by atoms with Crippen LogP contribution in [0.1, 0.15) is 54.3 Å². The number of methoxy groups -OCH3 is 4. The minimum atomic E-state index is -1.21. The van der Waals surface area contributed by atoms with Crippen LogP contribution in [0.5, 0.6) is 23.0 Å². The van der Waals surface area contributed by atoms with Gasteiger partial charge in [0, 0.05) is 29.3 Å². The van der Waals surface area contributed by atoms with Crippen molar-refractivity contribution in [3.8, 4) is 23.0 Å². The summed E-state index contributed by atoms with van der Waals surface area (Å²) >= 11 is 0. The van der Waals surface area contributed by atoms with Gasteiger partial charge in [0.1, 0.15) is 29.0 Å². The standard InChI is InChI=1S/C44H51N11O13/c1-65-32-11-10-26(16-27(32)39(46)59)54-43(63)31(6-5-15-48-44(47)64)55-42(62)30-19-25(9-14-35(30)68-4)53-38(58)22-50-41(61)29-18-24(8-13-34(29)67-3)52-37(57)21-49-40(60)28-17-23(51-36(56)20-45)7-12-33(28)66-2/h7-14,16-19,31H,5-6,15,20-22,45H2,1-4H3,(H2,46,59)(H,49,60)(H,50,61)(H,51,56)(H,52,57)(H,53,58)(H,54,63)(H,55,62)(H3,47,48,64). The molecule has 24 heteroatoms. The van der Waals surface area contributed by atoms with Gasteiger partial charge in [-0.1, -0.05) is 0 Å². The molecule has 68 heavy (non-hydrogen) atoms. The van der Waals surface area contributed by atoms with E-state index in [0.29, 0.717) is 0 Å². The summed E-state index contributed by atoms with van der Waals surface area (Å²) in [6.07, 6.45) is 0.215. The minimum Gasteiger partial charge on any atom is -0.496 e. The molecule has 0 radical (unpaired) electrons. The lowest BCUT2D eigenvalue weighted by Gasteiger charge is -2.20. The molecule has 0 fully saturated rings. The van der Waals surface area contributed by atoms with E-state index in [-0.39, 0.29) is 93.9 Å². The number of anilines is 4. The number of nitrogens with one attached hydrogen (secondary N) is 8. The maximum absolute atomic E-state index is 13.7. The Morgan fingerprint density at radius 2 is 0.882 bits per heavy atom. The van der Waals surface area contributed by atoms with Crippen LogP contribution < -0.4 is 78.7 Å². The van der Waals surface area contributed by atoms with Crippen molar-refractivity contribution < 1.29 is 62.1 Å². The van der Waals surface area contributed by atoms with Crippen molar-refractivity contribution in [1.82, 2.24) is 21.3 Å². The molecule has 0 heterocycles. The van der Waals surface area contributed by atoms with Gasteiger partial charge in [-0.3, -0.25) is 38.4 Å². The molecule has 4 aromatic carbocycles. The van der Waals surface area contributed by atoms with Crippen LogP contribution in [0.2, 0.25) is 0 Å². The molecule has 4 aromatic rings. The van der Waals surface area contributed by atoms with E-state index < -0.39 is 72.4 Å². The minimum absolute atomic E-state index is 0.00355. The second kappa shape index (κ2) is 24.9. The summed E-state index contributed by atoms with van der Waals surface area (Å²) in [5.41, 5.74) is 16.5. The molecule has 0 saturated carbocycles. The average Bonchev–Trinajstić information content (AvgIpc) is 3.32. The largest absolute Gasteiger partial charge is 0.496 e. The van der Waals surface area contributed by atoms with Crippen molar-refractivity contribution in [3.05, 3.63) is 95.1 Å². The van der Waals surface area contributed by atoms with Gasteiger partial charge in [-0.15, -0.1) is 0 Å². The van der Waals surface area contributed by atoms with Crippen molar-refractivity contribution in [3.63, 3.8) is 0 Å². The van der Waals surface area contributed by atoms with E-state index in [1.165, 1.54) is 101 Å². The first-order valence-corrected chi connectivity index (χ1v) is 20.3. The fourth-order valence-corrected chi connectivity index (χ4v) is 6.25. The summed E-state index contributed by atoms with van der Waals surface area (Å²) in [6, 6.07) is 14.8. The molecule has 0 spiro atoms. The molecule has 0 saturated heterocycles. The molecule has 0 aliphatic carbocycles. The molecule has 0 aliphatic heterocycles. The highest BCUT2D eigenvalue weighted by molar-refractivity contribution is 6.06. The van der Waals surface area contributed by atoms with E-state index in [9.17, 15) is 43.2 Å². The molecule has 1 atom stereocenters. The molecule has 360 valence electrons. The normalized spacial score (nSPS) is 10.8. The monoisotopic (exact) mass is 941 g/mol. The van der Waals surface area contributed by atoms with Crippen LogP contribution >= 0.6 is 0 Å². The first-order valence-electron chi connectivity index (χ1n) is 20.3. The maximum Gasteiger partial charge on any atom is 0.312 e. The quantitative estimate of drug-likeness (QED) is 0.0455. The fraction of sp³-hybridized carbons (Fsp3) is 0.250. The molecule has 0 aliphatic rings. The lowest BCUT2D eigenvalue weighted by atomic mass is 10.1. The van der Waals surface area contributed by atoms with Gasteiger partial charge in [-0.25, -0.2) is 4.79 Å². The van der Waals surface area contributed by atoms with Crippen molar-refractivity contribution in [2.75, 3.05) is 75.9 Å². The summed E-state index contributed by atoms with van der Waals surface area (Å²) in [5.74, 6) is -5.07. The van der Waals surface area contributed by atoms with E-state index in [4.69, 9.17) is 36.1 Å². The van der Waals surface area contributed by atoms with Gasteiger partial charge in [0.2, 0.25) is 23.6 Å². The lowest BCUT2D eigenvalue weighted by Crippen LogP contribution is -2.44. The highest BCUT2D eigenvalue weighted by Gasteiger charge is 2.25. The van der Waals surface area contributed by atoms with Crippen molar-refractivity contribution in [1.29, 1.82) is 0 Å². The second-order valence-electron chi connectivity index (χ2n) is 14.2. The fourth-order valence-electron chi connectivity index (χ4n) is 6.25. The van der Waals surface area contributed by atoms with Gasteiger partial charge < -0.3 is 78.7 Å². The first kappa shape index (κ1) is 51.7. The summed E-state index contributed by atoms with van der Waals surface area (Å²) in [6.45, 7) is -1.26. The first-order chi connectivity index (χ1) is 32.5. The molecular formula is C44H51N11O13. The van der Waals surface area contributed by atoms with E-state index >= 15 is 0 Å². The smallest absolute Gasteiger partial charge is 0.312 e. The van der Waals surface area contributed by atoms with Gasteiger partial charge in [0.05, 0.1) is 70.3 Å². The third-order valence-corrected chi connectivity index (χ3v) is 9.51. The zero-order chi connectivity index (χ0) is 49.9. The predicted molar refractivity (Wildman–Crippen MR) is 247 cm³/mol. The molecule has 0 bridgehead atoms. The van der Waals surface area contributed by atoms with Crippen molar-refractivity contribution >= 4 is 76.0 Å². The molecule has 24 nitrogen and oxygen atoms in total. The Labute approximate surface area is 388 Å². The third kappa shape index (κ3) is 14.8. The summed E-state index contributed by atoms with van der Waals surface area (Å²) in [7, 11) is 5.31. The Kier molecular flexibility index (Phi) is 19.0. The van der Waals surface area contributed by atoms with Crippen LogP contribution in [0.15, 0.2) is 72.8 Å². The Balaban J connectivity index is 1.40. The second-order valence-corrected chi connectivity index (χ2v) is 14.2. The highest BCUT2D eigenvalue weighted by atomic mass is 16.5. The number of carbonyl (C=O) groups is 9. The summed E-state index contributed by atoms with van der Waals surface area (Å²) < 4.78 is 21.1. The SMILES string of the molecule is COc1ccc(NC(=O)C(CCCNC(N)=O)NC(=O)c2cc(NC(=O)CNC(=O)c3cc(NC(=O)CNC(=O)c4cc(NC(=O)CN)ccc4OC)ccc3OC)ccc2OC)cc1C(N)=O. The van der Waals surface area contributed by atoms with Gasteiger partial charge >= 0.3 is 6.03 Å².